The number of carboxylic acids is 1. The Morgan fingerprint density at radius 3 is 2.28 bits per heavy atom. The average Bonchev–Trinajstić information content (AvgIpc) is 3.41. The Morgan fingerprint density at radius 2 is 1.67 bits per heavy atom. The first-order valence-corrected chi connectivity index (χ1v) is 14.0. The number of halogens is 7. The molecule has 0 saturated heterocycles. The monoisotopic (exact) mass is 642 g/mol. The van der Waals surface area contributed by atoms with E-state index in [9.17, 15) is 36.2 Å². The quantitative estimate of drug-likeness (QED) is 0.175. The van der Waals surface area contributed by atoms with Gasteiger partial charge in [0, 0.05) is 29.1 Å². The van der Waals surface area contributed by atoms with E-state index in [1.165, 1.54) is 25.2 Å². The van der Waals surface area contributed by atoms with Gasteiger partial charge < -0.3 is 14.7 Å². The lowest BCUT2D eigenvalue weighted by Crippen LogP contribution is -2.37. The molecule has 0 fully saturated rings. The summed E-state index contributed by atoms with van der Waals surface area (Å²) >= 11 is 7.28. The summed E-state index contributed by atoms with van der Waals surface area (Å²) in [5.41, 5.74) is -2.55. The van der Waals surface area contributed by atoms with Crippen molar-refractivity contribution in [3.8, 4) is 17.0 Å². The SMILES string of the molecule is CC(C)(Oc1ccc(CCN(Cc2ccc(C(F)(F)F)cc2C(F)(F)F)c2nc(-c3cccc(Cl)c3)cs2)cc1)C(=O)O. The number of carbonyl (C=O) groups is 1. The second kappa shape index (κ2) is 12.5. The van der Waals surface area contributed by atoms with Gasteiger partial charge in [0.1, 0.15) is 5.75 Å². The molecule has 5 nitrogen and oxygen atoms in total. The lowest BCUT2D eigenvalue weighted by Gasteiger charge is -2.25. The van der Waals surface area contributed by atoms with Crippen LogP contribution in [0, 0.1) is 0 Å². The molecule has 0 bridgehead atoms. The summed E-state index contributed by atoms with van der Waals surface area (Å²) in [4.78, 5) is 17.5. The van der Waals surface area contributed by atoms with Crippen LogP contribution in [0.1, 0.15) is 36.1 Å². The third kappa shape index (κ3) is 8.20. The molecule has 0 amide bonds. The topological polar surface area (TPSA) is 62.7 Å². The molecule has 1 heterocycles. The maximum Gasteiger partial charge on any atom is 0.416 e. The molecule has 0 aliphatic carbocycles. The number of anilines is 1. The van der Waals surface area contributed by atoms with E-state index in [4.69, 9.17) is 16.3 Å². The second-order valence-corrected chi connectivity index (χ2v) is 11.4. The average molecular weight is 643 g/mol. The fourth-order valence-corrected chi connectivity index (χ4v) is 5.17. The van der Waals surface area contributed by atoms with E-state index in [1.54, 1.807) is 58.8 Å². The summed E-state index contributed by atoms with van der Waals surface area (Å²) in [6, 6.07) is 15.1. The van der Waals surface area contributed by atoms with Crippen molar-refractivity contribution >= 4 is 34.0 Å². The Kier molecular flexibility index (Phi) is 9.31. The van der Waals surface area contributed by atoms with Crippen LogP contribution in [-0.4, -0.2) is 28.2 Å². The van der Waals surface area contributed by atoms with Crippen molar-refractivity contribution in [2.45, 2.75) is 44.8 Å². The van der Waals surface area contributed by atoms with Crippen molar-refractivity contribution in [2.75, 3.05) is 11.4 Å². The highest BCUT2D eigenvalue weighted by Crippen LogP contribution is 2.39. The van der Waals surface area contributed by atoms with Gasteiger partial charge in [-0.15, -0.1) is 11.3 Å². The Balaban J connectivity index is 1.64. The predicted octanol–water partition coefficient (Wildman–Crippen LogP) is 8.99. The summed E-state index contributed by atoms with van der Waals surface area (Å²) < 4.78 is 87.0. The molecule has 0 atom stereocenters. The minimum absolute atomic E-state index is 0.129. The first kappa shape index (κ1) is 32.2. The highest BCUT2D eigenvalue weighted by Gasteiger charge is 2.38. The number of hydrogen-bond acceptors (Lipinski definition) is 5. The zero-order chi connectivity index (χ0) is 31.6. The third-order valence-corrected chi connectivity index (χ3v) is 7.61. The van der Waals surface area contributed by atoms with Crippen LogP contribution in [-0.2, 0) is 30.1 Å². The molecule has 0 aliphatic rings. The lowest BCUT2D eigenvalue weighted by atomic mass is 10.0. The van der Waals surface area contributed by atoms with Crippen LogP contribution in [0.2, 0.25) is 5.02 Å². The van der Waals surface area contributed by atoms with Gasteiger partial charge in [-0.05, 0) is 67.8 Å². The van der Waals surface area contributed by atoms with Gasteiger partial charge in [-0.2, -0.15) is 26.3 Å². The first-order valence-electron chi connectivity index (χ1n) is 12.8. The molecule has 0 spiro atoms. The normalized spacial score (nSPS) is 12.3. The molecule has 43 heavy (non-hydrogen) atoms. The van der Waals surface area contributed by atoms with Crippen molar-refractivity contribution in [2.24, 2.45) is 0 Å². The standard InChI is InChI=1S/C30H25ClF6N2O3S/c1-28(2,26(40)41)42-23-10-6-18(7-11-23)12-13-39(27-38-25(17-43-27)19-4-3-5-22(31)14-19)16-20-8-9-21(29(32,33)34)15-24(20)30(35,36)37/h3-11,14-15,17H,12-13,16H2,1-2H3,(H,40,41). The summed E-state index contributed by atoms with van der Waals surface area (Å²) in [5.74, 6) is -0.826. The van der Waals surface area contributed by atoms with Crippen LogP contribution in [0.25, 0.3) is 11.3 Å². The van der Waals surface area contributed by atoms with Crippen LogP contribution in [0.5, 0.6) is 5.75 Å². The Hall–Kier alpha value is -3.77. The number of carboxylic acid groups (broad SMARTS) is 1. The number of ether oxygens (including phenoxy) is 1. The van der Waals surface area contributed by atoms with Crippen LogP contribution in [0.3, 0.4) is 0 Å². The Bertz CT molecular complexity index is 1590. The van der Waals surface area contributed by atoms with Crippen molar-refractivity contribution in [3.05, 3.63) is 99.4 Å². The molecular formula is C30H25ClF6N2O3S. The third-order valence-electron chi connectivity index (χ3n) is 6.47. The molecule has 13 heteroatoms. The smallest absolute Gasteiger partial charge is 0.416 e. The van der Waals surface area contributed by atoms with Gasteiger partial charge in [-0.1, -0.05) is 41.9 Å². The van der Waals surface area contributed by atoms with Gasteiger partial charge in [0.05, 0.1) is 16.8 Å². The zero-order valence-corrected chi connectivity index (χ0v) is 24.3. The minimum Gasteiger partial charge on any atom is -0.478 e. The zero-order valence-electron chi connectivity index (χ0n) is 22.8. The molecule has 228 valence electrons. The number of aliphatic carboxylic acids is 1. The molecule has 0 aliphatic heterocycles. The van der Waals surface area contributed by atoms with E-state index in [0.717, 1.165) is 11.6 Å². The van der Waals surface area contributed by atoms with Crippen LogP contribution >= 0.6 is 22.9 Å². The van der Waals surface area contributed by atoms with Crippen LogP contribution in [0.15, 0.2) is 72.1 Å². The number of benzene rings is 3. The molecule has 4 rings (SSSR count). The van der Waals surface area contributed by atoms with Crippen molar-refractivity contribution in [3.63, 3.8) is 0 Å². The van der Waals surface area contributed by atoms with Gasteiger partial charge in [-0.3, -0.25) is 0 Å². The highest BCUT2D eigenvalue weighted by molar-refractivity contribution is 7.14. The summed E-state index contributed by atoms with van der Waals surface area (Å²) in [6.07, 6.45) is -9.62. The van der Waals surface area contributed by atoms with E-state index in [0.29, 0.717) is 39.6 Å². The van der Waals surface area contributed by atoms with E-state index in [-0.39, 0.29) is 24.7 Å². The molecular weight excluding hydrogens is 618 g/mol. The van der Waals surface area contributed by atoms with E-state index < -0.39 is 35.0 Å². The number of alkyl halides is 6. The fourth-order valence-electron chi connectivity index (χ4n) is 4.12. The Labute approximate surface area is 252 Å². The summed E-state index contributed by atoms with van der Waals surface area (Å²) in [7, 11) is 0. The summed E-state index contributed by atoms with van der Waals surface area (Å²) in [5, 5.41) is 11.8. The molecule has 0 radical (unpaired) electrons. The minimum atomic E-state index is -5.02. The first-order chi connectivity index (χ1) is 20.0. The lowest BCUT2D eigenvalue weighted by molar-refractivity contribution is -0.152. The van der Waals surface area contributed by atoms with Gasteiger partial charge in [0.15, 0.2) is 10.7 Å². The van der Waals surface area contributed by atoms with Crippen molar-refractivity contribution < 1.29 is 41.0 Å². The van der Waals surface area contributed by atoms with Gasteiger partial charge in [0.25, 0.3) is 0 Å². The van der Waals surface area contributed by atoms with E-state index in [1.807, 2.05) is 0 Å². The van der Waals surface area contributed by atoms with Crippen LogP contribution < -0.4 is 9.64 Å². The van der Waals surface area contributed by atoms with Crippen molar-refractivity contribution in [1.29, 1.82) is 0 Å². The van der Waals surface area contributed by atoms with Gasteiger partial charge in [-0.25, -0.2) is 9.78 Å². The predicted molar refractivity (Wildman–Crippen MR) is 153 cm³/mol. The van der Waals surface area contributed by atoms with Crippen molar-refractivity contribution in [1.82, 2.24) is 4.98 Å². The maximum atomic E-state index is 13.9. The number of thiazole rings is 1. The molecule has 0 saturated carbocycles. The van der Waals surface area contributed by atoms with Gasteiger partial charge in [0.2, 0.25) is 0 Å². The maximum absolute atomic E-state index is 13.9. The number of nitrogens with zero attached hydrogens (tertiary/aromatic N) is 2. The Morgan fingerprint density at radius 1 is 0.977 bits per heavy atom. The van der Waals surface area contributed by atoms with E-state index in [2.05, 4.69) is 4.98 Å². The largest absolute Gasteiger partial charge is 0.478 e. The van der Waals surface area contributed by atoms with E-state index >= 15 is 0 Å². The number of aromatic nitrogens is 1. The summed E-state index contributed by atoms with van der Waals surface area (Å²) in [6.45, 7) is 2.62. The second-order valence-electron chi connectivity index (χ2n) is 10.1. The highest BCUT2D eigenvalue weighted by atomic mass is 35.5. The number of rotatable bonds is 10. The van der Waals surface area contributed by atoms with Crippen LogP contribution in [0.4, 0.5) is 31.5 Å². The molecule has 4 aromatic rings. The molecule has 0 unspecified atom stereocenters. The molecule has 3 aromatic carbocycles. The molecule has 1 aromatic heterocycles. The number of hydrogen-bond donors (Lipinski definition) is 1. The van der Waals surface area contributed by atoms with Gasteiger partial charge >= 0.3 is 18.3 Å². The fraction of sp³-hybridized carbons (Fsp3) is 0.267. The molecule has 1 N–H and O–H groups in total.